The second-order valence-electron chi connectivity index (χ2n) is 5.62. The van der Waals surface area contributed by atoms with E-state index in [0.717, 1.165) is 31.4 Å². The number of benzene rings is 1. The van der Waals surface area contributed by atoms with Gasteiger partial charge in [-0.05, 0) is 38.7 Å². The van der Waals surface area contributed by atoms with Crippen LogP contribution in [0.25, 0.3) is 0 Å². The third-order valence-corrected chi connectivity index (χ3v) is 4.39. The lowest BCUT2D eigenvalue weighted by atomic mass is 9.98. The summed E-state index contributed by atoms with van der Waals surface area (Å²) in [5.41, 5.74) is 1.65. The summed E-state index contributed by atoms with van der Waals surface area (Å²) in [6.07, 6.45) is 3.24. The van der Waals surface area contributed by atoms with Gasteiger partial charge in [0, 0.05) is 17.6 Å². The first-order chi connectivity index (χ1) is 9.08. The molecule has 1 aromatic rings. The number of aliphatic hydroxyl groups is 1. The van der Waals surface area contributed by atoms with Crippen LogP contribution >= 0.6 is 0 Å². The molecule has 5 heteroatoms. The maximum atomic E-state index is 11.3. The molecule has 2 fully saturated rings. The van der Waals surface area contributed by atoms with E-state index < -0.39 is 0 Å². The van der Waals surface area contributed by atoms with Crippen LogP contribution in [0.1, 0.15) is 31.2 Å². The van der Waals surface area contributed by atoms with Crippen molar-refractivity contribution in [3.8, 4) is 0 Å². The largest absolute Gasteiger partial charge is 0.393 e. The summed E-state index contributed by atoms with van der Waals surface area (Å²) >= 11 is 0. The third kappa shape index (κ3) is 1.98. The van der Waals surface area contributed by atoms with E-state index >= 15 is 0 Å². The van der Waals surface area contributed by atoms with Gasteiger partial charge in [-0.1, -0.05) is 12.1 Å². The summed E-state index contributed by atoms with van der Waals surface area (Å²) in [6.45, 7) is 1.78. The molecule has 1 aromatic carbocycles. The molecule has 2 saturated heterocycles. The highest BCUT2D eigenvalue weighted by atomic mass is 16.6. The fourth-order valence-electron chi connectivity index (χ4n) is 3.63. The molecule has 2 heterocycles. The lowest BCUT2D eigenvalue weighted by Gasteiger charge is -2.38. The zero-order chi connectivity index (χ0) is 13.6. The van der Waals surface area contributed by atoms with Gasteiger partial charge < -0.3 is 10.0 Å². The van der Waals surface area contributed by atoms with Crippen molar-refractivity contribution < 1.29 is 10.0 Å². The van der Waals surface area contributed by atoms with Crippen molar-refractivity contribution in [1.82, 2.24) is 0 Å². The fraction of sp³-hybridized carbons (Fsp3) is 0.571. The van der Waals surface area contributed by atoms with E-state index in [-0.39, 0.29) is 28.8 Å². The minimum Gasteiger partial charge on any atom is -0.393 e. The molecule has 0 aromatic heterocycles. The molecule has 0 amide bonds. The first kappa shape index (κ1) is 12.4. The summed E-state index contributed by atoms with van der Waals surface area (Å²) in [4.78, 5) is 13.2. The fourth-order valence-corrected chi connectivity index (χ4v) is 3.63. The lowest BCUT2D eigenvalue weighted by molar-refractivity contribution is -0.384. The van der Waals surface area contributed by atoms with Gasteiger partial charge in [-0.3, -0.25) is 10.1 Å². The molecule has 1 N–H and O–H groups in total. The van der Waals surface area contributed by atoms with Crippen molar-refractivity contribution >= 4 is 11.4 Å². The Bertz CT molecular complexity index is 503. The lowest BCUT2D eigenvalue weighted by Crippen LogP contribution is -2.45. The molecule has 0 saturated carbocycles. The smallest absolute Gasteiger partial charge is 0.295 e. The monoisotopic (exact) mass is 262 g/mol. The van der Waals surface area contributed by atoms with Gasteiger partial charge in [-0.2, -0.15) is 0 Å². The van der Waals surface area contributed by atoms with Gasteiger partial charge in [0.25, 0.3) is 5.69 Å². The molecule has 19 heavy (non-hydrogen) atoms. The molecule has 2 bridgehead atoms. The molecule has 2 unspecified atom stereocenters. The molecule has 2 aliphatic rings. The SMILES string of the molecule is Cc1cccc(N2C3CCC2CC(O)C3)c1[N+](=O)[O-]. The summed E-state index contributed by atoms with van der Waals surface area (Å²) in [5.74, 6) is 0. The summed E-state index contributed by atoms with van der Waals surface area (Å²) in [5, 5.41) is 21.1. The van der Waals surface area contributed by atoms with Gasteiger partial charge in [-0.15, -0.1) is 0 Å². The predicted molar refractivity (Wildman–Crippen MR) is 72.4 cm³/mol. The van der Waals surface area contributed by atoms with Crippen LogP contribution in [0.2, 0.25) is 0 Å². The number of hydrogen-bond acceptors (Lipinski definition) is 4. The number of anilines is 1. The normalized spacial score (nSPS) is 29.6. The van der Waals surface area contributed by atoms with Crippen LogP contribution in [0.3, 0.4) is 0 Å². The standard InChI is InChI=1S/C14H18N2O3/c1-9-3-2-4-13(14(9)16(18)19)15-10-5-6-11(15)8-12(17)7-10/h2-4,10-12,17H,5-8H2,1H3. The first-order valence-electron chi connectivity index (χ1n) is 6.78. The van der Waals surface area contributed by atoms with E-state index in [2.05, 4.69) is 4.90 Å². The van der Waals surface area contributed by atoms with Crippen molar-refractivity contribution in [1.29, 1.82) is 0 Å². The molecule has 5 nitrogen and oxygen atoms in total. The summed E-state index contributed by atoms with van der Waals surface area (Å²) < 4.78 is 0. The molecule has 0 aliphatic carbocycles. The maximum absolute atomic E-state index is 11.3. The van der Waals surface area contributed by atoms with Crippen molar-refractivity contribution in [2.24, 2.45) is 0 Å². The van der Waals surface area contributed by atoms with Gasteiger partial charge in [0.15, 0.2) is 0 Å². The number of hydrogen-bond donors (Lipinski definition) is 1. The number of aliphatic hydroxyl groups excluding tert-OH is 1. The zero-order valence-corrected chi connectivity index (χ0v) is 11.0. The van der Waals surface area contributed by atoms with Gasteiger partial charge in [0.05, 0.1) is 11.0 Å². The molecule has 2 atom stereocenters. The number of para-hydroxylation sites is 1. The van der Waals surface area contributed by atoms with E-state index in [1.807, 2.05) is 12.1 Å². The van der Waals surface area contributed by atoms with E-state index in [1.54, 1.807) is 13.0 Å². The van der Waals surface area contributed by atoms with Crippen molar-refractivity contribution in [3.05, 3.63) is 33.9 Å². The van der Waals surface area contributed by atoms with Crippen molar-refractivity contribution in [3.63, 3.8) is 0 Å². The van der Waals surface area contributed by atoms with Crippen LogP contribution in [0.4, 0.5) is 11.4 Å². The third-order valence-electron chi connectivity index (χ3n) is 4.39. The van der Waals surface area contributed by atoms with Crippen LogP contribution in [0, 0.1) is 17.0 Å². The van der Waals surface area contributed by atoms with Crippen LogP contribution < -0.4 is 4.90 Å². The quantitative estimate of drug-likeness (QED) is 0.656. The highest BCUT2D eigenvalue weighted by Gasteiger charge is 2.42. The highest BCUT2D eigenvalue weighted by molar-refractivity contribution is 5.68. The van der Waals surface area contributed by atoms with Crippen molar-refractivity contribution in [2.45, 2.75) is 50.8 Å². The maximum Gasteiger partial charge on any atom is 0.295 e. The molecule has 3 rings (SSSR count). The number of rotatable bonds is 2. The molecule has 0 spiro atoms. The Morgan fingerprint density at radius 3 is 2.53 bits per heavy atom. The average molecular weight is 262 g/mol. The highest BCUT2D eigenvalue weighted by Crippen LogP contribution is 2.43. The summed E-state index contributed by atoms with van der Waals surface area (Å²) in [6, 6.07) is 5.99. The van der Waals surface area contributed by atoms with E-state index in [0.29, 0.717) is 5.56 Å². The molecule has 0 radical (unpaired) electrons. The Labute approximate surface area is 112 Å². The second-order valence-corrected chi connectivity index (χ2v) is 5.62. The second kappa shape index (κ2) is 4.49. The van der Waals surface area contributed by atoms with Gasteiger partial charge in [0.2, 0.25) is 0 Å². The first-order valence-corrected chi connectivity index (χ1v) is 6.78. The van der Waals surface area contributed by atoms with E-state index in [9.17, 15) is 15.2 Å². The number of nitrogens with zero attached hydrogens (tertiary/aromatic N) is 2. The number of nitro benzene ring substituents is 1. The number of nitro groups is 1. The number of fused-ring (bicyclic) bond motifs is 2. The average Bonchev–Trinajstić information content (AvgIpc) is 2.60. The van der Waals surface area contributed by atoms with Crippen LogP contribution in [0.5, 0.6) is 0 Å². The van der Waals surface area contributed by atoms with Gasteiger partial charge >= 0.3 is 0 Å². The Morgan fingerprint density at radius 2 is 1.95 bits per heavy atom. The Kier molecular flexibility index (Phi) is 2.93. The van der Waals surface area contributed by atoms with Gasteiger partial charge in [-0.25, -0.2) is 0 Å². The molecule has 2 aliphatic heterocycles. The van der Waals surface area contributed by atoms with E-state index in [4.69, 9.17) is 0 Å². The van der Waals surface area contributed by atoms with Crippen LogP contribution in [-0.4, -0.2) is 28.2 Å². The Balaban J connectivity index is 2.04. The number of aryl methyl sites for hydroxylation is 1. The van der Waals surface area contributed by atoms with Crippen molar-refractivity contribution in [2.75, 3.05) is 4.90 Å². The van der Waals surface area contributed by atoms with Gasteiger partial charge in [0.1, 0.15) is 5.69 Å². The molecule has 102 valence electrons. The predicted octanol–water partition coefficient (Wildman–Crippen LogP) is 2.40. The summed E-state index contributed by atoms with van der Waals surface area (Å²) in [7, 11) is 0. The molecular weight excluding hydrogens is 244 g/mol. The minimum absolute atomic E-state index is 0.218. The zero-order valence-electron chi connectivity index (χ0n) is 11.0. The topological polar surface area (TPSA) is 66.6 Å². The van der Waals surface area contributed by atoms with Crippen LogP contribution in [-0.2, 0) is 0 Å². The molecular formula is C14H18N2O3. The minimum atomic E-state index is -0.283. The Morgan fingerprint density at radius 1 is 1.32 bits per heavy atom. The van der Waals surface area contributed by atoms with E-state index in [1.165, 1.54) is 0 Å². The number of piperidine rings is 1. The van der Waals surface area contributed by atoms with Crippen LogP contribution in [0.15, 0.2) is 18.2 Å². The Hall–Kier alpha value is -1.62.